The standard InChI is InChI=1S/C16H11ClF2O2/c17-11-5-10-3-4-21-16(10)13(7-11)15(20)6-9-1-2-12(18)8-14(9)19/h1-2,5,7-8H,3-4,6H2. The molecule has 1 aliphatic rings. The zero-order valence-electron chi connectivity index (χ0n) is 11.0. The molecule has 3 rings (SSSR count). The van der Waals surface area contributed by atoms with E-state index >= 15 is 0 Å². The Balaban J connectivity index is 1.93. The molecule has 2 nitrogen and oxygen atoms in total. The van der Waals surface area contributed by atoms with Crippen molar-refractivity contribution in [1.29, 1.82) is 0 Å². The lowest BCUT2D eigenvalue weighted by molar-refractivity contribution is 0.0988. The number of fused-ring (bicyclic) bond motifs is 1. The summed E-state index contributed by atoms with van der Waals surface area (Å²) in [5, 5.41) is 0.446. The zero-order chi connectivity index (χ0) is 15.0. The first-order valence-electron chi connectivity index (χ1n) is 6.47. The molecular weight excluding hydrogens is 298 g/mol. The normalized spacial score (nSPS) is 12.9. The minimum atomic E-state index is -0.733. The Morgan fingerprint density at radius 1 is 1.24 bits per heavy atom. The van der Waals surface area contributed by atoms with Gasteiger partial charge in [-0.2, -0.15) is 0 Å². The summed E-state index contributed by atoms with van der Waals surface area (Å²) in [4.78, 5) is 12.4. The fourth-order valence-corrected chi connectivity index (χ4v) is 2.65. The predicted octanol–water partition coefficient (Wildman–Crippen LogP) is 3.98. The van der Waals surface area contributed by atoms with Crippen LogP contribution >= 0.6 is 11.6 Å². The van der Waals surface area contributed by atoms with Crippen LogP contribution in [0, 0.1) is 11.6 Å². The summed E-state index contributed by atoms with van der Waals surface area (Å²) in [6.45, 7) is 0.501. The van der Waals surface area contributed by atoms with E-state index in [9.17, 15) is 13.6 Å². The topological polar surface area (TPSA) is 26.3 Å². The molecule has 0 aromatic heterocycles. The quantitative estimate of drug-likeness (QED) is 0.802. The maximum absolute atomic E-state index is 13.6. The molecule has 0 saturated heterocycles. The minimum Gasteiger partial charge on any atom is -0.492 e. The summed E-state index contributed by atoms with van der Waals surface area (Å²) in [6, 6.07) is 6.45. The largest absolute Gasteiger partial charge is 0.492 e. The van der Waals surface area contributed by atoms with Crippen molar-refractivity contribution < 1.29 is 18.3 Å². The average molecular weight is 309 g/mol. The molecule has 5 heteroatoms. The van der Waals surface area contributed by atoms with E-state index in [-0.39, 0.29) is 17.8 Å². The Bertz CT molecular complexity index is 728. The van der Waals surface area contributed by atoms with E-state index in [0.717, 1.165) is 17.7 Å². The van der Waals surface area contributed by atoms with E-state index in [1.807, 2.05) is 0 Å². The summed E-state index contributed by atoms with van der Waals surface area (Å²) in [5.74, 6) is -1.19. The molecule has 1 aliphatic heterocycles. The number of Topliss-reactive ketones (excluding diaryl/α,β-unsaturated/α-hetero) is 1. The molecule has 0 spiro atoms. The molecule has 1 heterocycles. The lowest BCUT2D eigenvalue weighted by Crippen LogP contribution is -2.07. The lowest BCUT2D eigenvalue weighted by Gasteiger charge is -2.09. The fraction of sp³-hybridized carbons (Fsp3) is 0.188. The molecule has 0 N–H and O–H groups in total. The van der Waals surface area contributed by atoms with E-state index in [4.69, 9.17) is 16.3 Å². The maximum atomic E-state index is 13.6. The van der Waals surface area contributed by atoms with Crippen molar-refractivity contribution in [2.24, 2.45) is 0 Å². The van der Waals surface area contributed by atoms with E-state index < -0.39 is 11.6 Å². The van der Waals surface area contributed by atoms with Crippen LogP contribution in [0.1, 0.15) is 21.5 Å². The monoisotopic (exact) mass is 308 g/mol. The minimum absolute atomic E-state index is 0.146. The van der Waals surface area contributed by atoms with Gasteiger partial charge in [0.25, 0.3) is 0 Å². The highest BCUT2D eigenvalue weighted by Gasteiger charge is 2.22. The van der Waals surface area contributed by atoms with E-state index in [1.165, 1.54) is 12.1 Å². The maximum Gasteiger partial charge on any atom is 0.171 e. The highest BCUT2D eigenvalue weighted by molar-refractivity contribution is 6.31. The molecule has 2 aromatic rings. The number of ether oxygens (including phenoxy) is 1. The van der Waals surface area contributed by atoms with Gasteiger partial charge in [-0.15, -0.1) is 0 Å². The molecule has 0 radical (unpaired) electrons. The molecular formula is C16H11ClF2O2. The molecule has 0 bridgehead atoms. The first-order valence-corrected chi connectivity index (χ1v) is 6.85. The molecule has 0 atom stereocenters. The van der Waals surface area contributed by atoms with Crippen LogP contribution < -0.4 is 4.74 Å². The van der Waals surface area contributed by atoms with Crippen LogP contribution in [0.2, 0.25) is 5.02 Å². The van der Waals surface area contributed by atoms with Gasteiger partial charge in [-0.05, 0) is 29.3 Å². The second kappa shape index (κ2) is 5.45. The van der Waals surface area contributed by atoms with E-state index in [1.54, 1.807) is 6.07 Å². The van der Waals surface area contributed by atoms with Gasteiger partial charge < -0.3 is 4.74 Å². The highest BCUT2D eigenvalue weighted by atomic mass is 35.5. The van der Waals surface area contributed by atoms with Crippen molar-refractivity contribution in [1.82, 2.24) is 0 Å². The third-order valence-corrected chi connectivity index (χ3v) is 3.63. The summed E-state index contributed by atoms with van der Waals surface area (Å²) < 4.78 is 32.0. The van der Waals surface area contributed by atoms with Gasteiger partial charge in [0, 0.05) is 23.9 Å². The van der Waals surface area contributed by atoms with Crippen LogP contribution in [0.25, 0.3) is 0 Å². The molecule has 0 fully saturated rings. The van der Waals surface area contributed by atoms with Gasteiger partial charge in [-0.1, -0.05) is 17.7 Å². The van der Waals surface area contributed by atoms with Gasteiger partial charge in [-0.3, -0.25) is 4.79 Å². The van der Waals surface area contributed by atoms with Crippen LogP contribution in [0.4, 0.5) is 8.78 Å². The number of halogens is 3. The zero-order valence-corrected chi connectivity index (χ0v) is 11.7. The second-order valence-corrected chi connectivity index (χ2v) is 5.31. The van der Waals surface area contributed by atoms with Gasteiger partial charge in [0.05, 0.1) is 12.2 Å². The molecule has 0 amide bonds. The molecule has 0 aliphatic carbocycles. The molecule has 21 heavy (non-hydrogen) atoms. The molecule has 2 aromatic carbocycles. The Hall–Kier alpha value is -1.94. The van der Waals surface area contributed by atoms with Gasteiger partial charge in [0.1, 0.15) is 17.4 Å². The van der Waals surface area contributed by atoms with Crippen molar-refractivity contribution in [3.8, 4) is 5.75 Å². The molecule has 0 unspecified atom stereocenters. The first-order chi connectivity index (χ1) is 10.0. The number of ketones is 1. The second-order valence-electron chi connectivity index (χ2n) is 4.88. The third kappa shape index (κ3) is 2.76. The average Bonchev–Trinajstić information content (AvgIpc) is 2.88. The van der Waals surface area contributed by atoms with Crippen molar-refractivity contribution in [2.75, 3.05) is 6.61 Å². The summed E-state index contributed by atoms with van der Waals surface area (Å²) in [5.41, 5.74) is 1.37. The predicted molar refractivity (Wildman–Crippen MR) is 75.0 cm³/mol. The van der Waals surface area contributed by atoms with Crippen LogP contribution in [-0.2, 0) is 12.8 Å². The van der Waals surface area contributed by atoms with Crippen LogP contribution in [0.15, 0.2) is 30.3 Å². The number of hydrogen-bond donors (Lipinski definition) is 0. The Morgan fingerprint density at radius 2 is 2.05 bits per heavy atom. The Morgan fingerprint density at radius 3 is 2.81 bits per heavy atom. The SMILES string of the molecule is O=C(Cc1ccc(F)cc1F)c1cc(Cl)cc2c1OCC2. The van der Waals surface area contributed by atoms with Crippen LogP contribution in [0.5, 0.6) is 5.75 Å². The number of carbonyl (C=O) groups is 1. The van der Waals surface area contributed by atoms with Crippen molar-refractivity contribution in [3.63, 3.8) is 0 Å². The Kier molecular flexibility index (Phi) is 3.64. The van der Waals surface area contributed by atoms with Gasteiger partial charge in [0.15, 0.2) is 5.78 Å². The lowest BCUT2D eigenvalue weighted by atomic mass is 9.99. The fourth-order valence-electron chi connectivity index (χ4n) is 2.41. The first kappa shape index (κ1) is 14.0. The number of rotatable bonds is 3. The van der Waals surface area contributed by atoms with Crippen molar-refractivity contribution >= 4 is 17.4 Å². The van der Waals surface area contributed by atoms with Gasteiger partial charge in [0.2, 0.25) is 0 Å². The van der Waals surface area contributed by atoms with Crippen molar-refractivity contribution in [2.45, 2.75) is 12.8 Å². The number of hydrogen-bond acceptors (Lipinski definition) is 2. The van der Waals surface area contributed by atoms with Crippen LogP contribution in [0.3, 0.4) is 0 Å². The highest BCUT2D eigenvalue weighted by Crippen LogP contribution is 2.33. The van der Waals surface area contributed by atoms with E-state index in [0.29, 0.717) is 29.4 Å². The molecule has 0 saturated carbocycles. The van der Waals surface area contributed by atoms with E-state index in [2.05, 4.69) is 0 Å². The summed E-state index contributed by atoms with van der Waals surface area (Å²) in [7, 11) is 0. The van der Waals surface area contributed by atoms with Crippen molar-refractivity contribution in [3.05, 3.63) is 63.7 Å². The van der Waals surface area contributed by atoms with Gasteiger partial charge >= 0.3 is 0 Å². The summed E-state index contributed by atoms with van der Waals surface area (Å²) >= 11 is 6.00. The summed E-state index contributed by atoms with van der Waals surface area (Å²) in [6.07, 6.45) is 0.531. The van der Waals surface area contributed by atoms with Gasteiger partial charge in [-0.25, -0.2) is 8.78 Å². The Labute approximate surface area is 125 Å². The molecule has 108 valence electrons. The number of carbonyl (C=O) groups excluding carboxylic acids is 1. The third-order valence-electron chi connectivity index (χ3n) is 3.41. The van der Waals surface area contributed by atoms with Crippen LogP contribution in [-0.4, -0.2) is 12.4 Å². The smallest absolute Gasteiger partial charge is 0.171 e. The number of benzene rings is 2.